The first-order valence-electron chi connectivity index (χ1n) is 7.42. The van der Waals surface area contributed by atoms with Gasteiger partial charge < -0.3 is 4.74 Å². The van der Waals surface area contributed by atoms with Gasteiger partial charge in [-0.25, -0.2) is 0 Å². The van der Waals surface area contributed by atoms with Crippen LogP contribution in [-0.4, -0.2) is 6.10 Å². The van der Waals surface area contributed by atoms with Crippen molar-refractivity contribution in [2.45, 2.75) is 45.8 Å². The van der Waals surface area contributed by atoms with Crippen molar-refractivity contribution in [1.29, 1.82) is 0 Å². The minimum Gasteiger partial charge on any atom is -0.491 e. The molecule has 1 unspecified atom stereocenters. The van der Waals surface area contributed by atoms with E-state index in [2.05, 4.69) is 36.6 Å². The van der Waals surface area contributed by atoms with Crippen LogP contribution in [0.3, 0.4) is 0 Å². The van der Waals surface area contributed by atoms with Crippen molar-refractivity contribution >= 4 is 11.3 Å². The lowest BCUT2D eigenvalue weighted by molar-refractivity contribution is 0.242. The van der Waals surface area contributed by atoms with E-state index in [4.69, 9.17) is 10.6 Å². The fourth-order valence-corrected chi connectivity index (χ4v) is 3.28. The molecular weight excluding hydrogens is 280 g/mol. The summed E-state index contributed by atoms with van der Waals surface area (Å²) in [6.07, 6.45) is 2.16. The van der Waals surface area contributed by atoms with Crippen molar-refractivity contribution < 1.29 is 4.74 Å². The molecule has 0 saturated carbocycles. The Morgan fingerprint density at radius 3 is 2.57 bits per heavy atom. The van der Waals surface area contributed by atoms with Crippen LogP contribution in [0, 0.1) is 0 Å². The lowest BCUT2D eigenvalue weighted by atomic mass is 10.0. The number of hydrogen-bond donors (Lipinski definition) is 2. The third-order valence-electron chi connectivity index (χ3n) is 3.30. The van der Waals surface area contributed by atoms with Gasteiger partial charge in [0.05, 0.1) is 12.1 Å². The number of aryl methyl sites for hydroxylation is 1. The maximum Gasteiger partial charge on any atom is 0.120 e. The SMILES string of the molecule is CCc1ccc(CC(NN)c2cccc(OC(C)C)c2)s1. The fourth-order valence-electron chi connectivity index (χ4n) is 2.27. The third-order valence-corrected chi connectivity index (χ3v) is 4.56. The summed E-state index contributed by atoms with van der Waals surface area (Å²) in [5.74, 6) is 6.65. The van der Waals surface area contributed by atoms with Gasteiger partial charge in [0.15, 0.2) is 0 Å². The van der Waals surface area contributed by atoms with Crippen LogP contribution in [0.5, 0.6) is 5.75 Å². The smallest absolute Gasteiger partial charge is 0.120 e. The zero-order chi connectivity index (χ0) is 15.2. The molecule has 2 rings (SSSR count). The summed E-state index contributed by atoms with van der Waals surface area (Å²) in [5, 5.41) is 0. The molecule has 0 aliphatic carbocycles. The number of thiophene rings is 1. The van der Waals surface area contributed by atoms with Gasteiger partial charge in [-0.3, -0.25) is 11.3 Å². The van der Waals surface area contributed by atoms with Gasteiger partial charge in [-0.05, 0) is 50.1 Å². The van der Waals surface area contributed by atoms with Crippen molar-refractivity contribution in [3.8, 4) is 5.75 Å². The molecule has 1 aromatic heterocycles. The van der Waals surface area contributed by atoms with Crippen LogP contribution < -0.4 is 16.0 Å². The van der Waals surface area contributed by atoms with Gasteiger partial charge >= 0.3 is 0 Å². The van der Waals surface area contributed by atoms with E-state index in [9.17, 15) is 0 Å². The monoisotopic (exact) mass is 304 g/mol. The summed E-state index contributed by atoms with van der Waals surface area (Å²) in [6, 6.07) is 12.7. The molecule has 3 N–H and O–H groups in total. The van der Waals surface area contributed by atoms with Gasteiger partial charge in [-0.1, -0.05) is 19.1 Å². The van der Waals surface area contributed by atoms with Crippen LogP contribution in [0.1, 0.15) is 42.1 Å². The van der Waals surface area contributed by atoms with Gasteiger partial charge in [0, 0.05) is 16.2 Å². The number of hydrazine groups is 1. The first-order valence-corrected chi connectivity index (χ1v) is 8.24. The molecule has 2 aromatic rings. The summed E-state index contributed by atoms with van der Waals surface area (Å²) in [7, 11) is 0. The Hall–Kier alpha value is -1.36. The summed E-state index contributed by atoms with van der Waals surface area (Å²) in [4.78, 5) is 2.77. The standard InChI is InChI=1S/C17H24N2OS/c1-4-15-8-9-16(21-15)11-17(19-18)13-6-5-7-14(10-13)20-12(2)3/h5-10,12,17,19H,4,11,18H2,1-3H3. The molecule has 0 aliphatic rings. The Labute approximate surface area is 131 Å². The van der Waals surface area contributed by atoms with Crippen molar-refractivity contribution in [2.24, 2.45) is 5.84 Å². The number of hydrogen-bond acceptors (Lipinski definition) is 4. The maximum absolute atomic E-state index is 5.76. The molecule has 0 spiro atoms. The Bertz CT molecular complexity index is 565. The Balaban J connectivity index is 2.12. The molecule has 1 aromatic carbocycles. The highest BCUT2D eigenvalue weighted by Crippen LogP contribution is 2.26. The molecular formula is C17H24N2OS. The lowest BCUT2D eigenvalue weighted by Crippen LogP contribution is -2.29. The molecule has 4 heteroatoms. The van der Waals surface area contributed by atoms with Crippen LogP contribution in [0.4, 0.5) is 0 Å². The normalized spacial score (nSPS) is 12.6. The molecule has 0 fully saturated rings. The van der Waals surface area contributed by atoms with Gasteiger partial charge in [-0.2, -0.15) is 0 Å². The molecule has 0 bridgehead atoms. The highest BCUT2D eigenvalue weighted by atomic mass is 32.1. The topological polar surface area (TPSA) is 47.3 Å². The second-order valence-corrected chi connectivity index (χ2v) is 6.64. The van der Waals surface area contributed by atoms with Crippen LogP contribution >= 0.6 is 11.3 Å². The van der Waals surface area contributed by atoms with Crippen LogP contribution in [-0.2, 0) is 12.8 Å². The van der Waals surface area contributed by atoms with E-state index in [0.29, 0.717) is 0 Å². The average Bonchev–Trinajstić information content (AvgIpc) is 2.92. The van der Waals surface area contributed by atoms with Gasteiger partial charge in [0.25, 0.3) is 0 Å². The van der Waals surface area contributed by atoms with Gasteiger partial charge in [0.1, 0.15) is 5.75 Å². The number of rotatable bonds is 7. The highest BCUT2D eigenvalue weighted by Gasteiger charge is 2.13. The Morgan fingerprint density at radius 1 is 1.19 bits per heavy atom. The molecule has 1 heterocycles. The van der Waals surface area contributed by atoms with Crippen LogP contribution in [0.2, 0.25) is 0 Å². The molecule has 114 valence electrons. The molecule has 0 aliphatic heterocycles. The van der Waals surface area contributed by atoms with E-state index in [1.165, 1.54) is 9.75 Å². The van der Waals surface area contributed by atoms with Crippen molar-refractivity contribution in [1.82, 2.24) is 5.43 Å². The average molecular weight is 304 g/mol. The second kappa shape index (κ2) is 7.59. The van der Waals surface area contributed by atoms with Crippen molar-refractivity contribution in [3.63, 3.8) is 0 Å². The second-order valence-electron chi connectivity index (χ2n) is 5.38. The first kappa shape index (κ1) is 16.0. The first-order chi connectivity index (χ1) is 10.1. The van der Waals surface area contributed by atoms with E-state index in [1.54, 1.807) is 0 Å². The molecule has 0 amide bonds. The summed E-state index contributed by atoms with van der Waals surface area (Å²) >= 11 is 1.86. The van der Waals surface area contributed by atoms with E-state index in [0.717, 1.165) is 24.2 Å². The molecule has 0 saturated heterocycles. The minimum absolute atomic E-state index is 0.101. The minimum atomic E-state index is 0.101. The molecule has 1 atom stereocenters. The van der Waals surface area contributed by atoms with E-state index in [-0.39, 0.29) is 12.1 Å². The summed E-state index contributed by atoms with van der Waals surface area (Å²) in [5.41, 5.74) is 4.08. The van der Waals surface area contributed by atoms with Crippen molar-refractivity contribution in [3.05, 3.63) is 51.7 Å². The molecule has 0 radical (unpaired) electrons. The predicted octanol–water partition coefficient (Wildman–Crippen LogP) is 3.84. The lowest BCUT2D eigenvalue weighted by Gasteiger charge is -2.17. The van der Waals surface area contributed by atoms with Crippen LogP contribution in [0.15, 0.2) is 36.4 Å². The Morgan fingerprint density at radius 2 is 1.95 bits per heavy atom. The number of nitrogens with two attached hydrogens (primary N) is 1. The van der Waals surface area contributed by atoms with Crippen LogP contribution in [0.25, 0.3) is 0 Å². The zero-order valence-electron chi connectivity index (χ0n) is 12.9. The highest BCUT2D eigenvalue weighted by molar-refractivity contribution is 7.11. The predicted molar refractivity (Wildman–Crippen MR) is 89.7 cm³/mol. The largest absolute Gasteiger partial charge is 0.491 e. The number of nitrogens with one attached hydrogen (secondary N) is 1. The van der Waals surface area contributed by atoms with Gasteiger partial charge in [-0.15, -0.1) is 11.3 Å². The number of ether oxygens (including phenoxy) is 1. The Kier molecular flexibility index (Phi) is 5.79. The quantitative estimate of drug-likeness (QED) is 0.603. The number of benzene rings is 1. The zero-order valence-corrected chi connectivity index (χ0v) is 13.7. The summed E-state index contributed by atoms with van der Waals surface area (Å²) in [6.45, 7) is 6.24. The van der Waals surface area contributed by atoms with E-state index < -0.39 is 0 Å². The van der Waals surface area contributed by atoms with Gasteiger partial charge in [0.2, 0.25) is 0 Å². The fraction of sp³-hybridized carbons (Fsp3) is 0.412. The summed E-state index contributed by atoms with van der Waals surface area (Å²) < 4.78 is 5.76. The maximum atomic E-state index is 5.76. The van der Waals surface area contributed by atoms with E-state index in [1.807, 2.05) is 37.3 Å². The van der Waals surface area contributed by atoms with E-state index >= 15 is 0 Å². The van der Waals surface area contributed by atoms with Crippen molar-refractivity contribution in [2.75, 3.05) is 0 Å². The molecule has 21 heavy (non-hydrogen) atoms. The third kappa shape index (κ3) is 4.56. The molecule has 3 nitrogen and oxygen atoms in total.